The second-order valence-electron chi connectivity index (χ2n) is 4.24. The minimum absolute atomic E-state index is 0.124. The van der Waals surface area contributed by atoms with Crippen molar-refractivity contribution in [3.8, 4) is 5.75 Å². The molecule has 2 nitrogen and oxygen atoms in total. The number of hydrogen-bond donors (Lipinski definition) is 1. The van der Waals surface area contributed by atoms with Crippen molar-refractivity contribution in [3.05, 3.63) is 50.9 Å². The summed E-state index contributed by atoms with van der Waals surface area (Å²) in [6.45, 7) is 2.01. The summed E-state index contributed by atoms with van der Waals surface area (Å²) in [5.41, 5.74) is 7.13. The Morgan fingerprint density at radius 3 is 2.79 bits per heavy atom. The molecule has 102 valence electrons. The fraction of sp³-hybridized carbons (Fsp3) is 0.286. The molecule has 0 bridgehead atoms. The van der Waals surface area contributed by atoms with E-state index in [2.05, 4.69) is 15.9 Å². The van der Waals surface area contributed by atoms with E-state index in [0.717, 1.165) is 12.0 Å². The van der Waals surface area contributed by atoms with Gasteiger partial charge in [-0.25, -0.2) is 4.39 Å². The van der Waals surface area contributed by atoms with Gasteiger partial charge in [-0.1, -0.05) is 6.92 Å². The molecule has 5 heteroatoms. The summed E-state index contributed by atoms with van der Waals surface area (Å²) in [7, 11) is 0. The Morgan fingerprint density at radius 1 is 1.42 bits per heavy atom. The van der Waals surface area contributed by atoms with E-state index in [0.29, 0.717) is 10.2 Å². The van der Waals surface area contributed by atoms with Gasteiger partial charge in [0.2, 0.25) is 0 Å². The molecule has 0 spiro atoms. The van der Waals surface area contributed by atoms with Crippen molar-refractivity contribution >= 4 is 27.3 Å². The Kier molecular flexibility index (Phi) is 4.96. The third-order valence-corrected chi connectivity index (χ3v) is 4.23. The highest BCUT2D eigenvalue weighted by Crippen LogP contribution is 2.29. The molecular weight excluding hydrogens is 329 g/mol. The molecule has 1 aromatic carbocycles. The van der Waals surface area contributed by atoms with Gasteiger partial charge in [0.15, 0.2) is 0 Å². The highest BCUT2D eigenvalue weighted by Gasteiger charge is 2.21. The van der Waals surface area contributed by atoms with Crippen LogP contribution in [-0.4, -0.2) is 6.04 Å². The van der Waals surface area contributed by atoms with Crippen molar-refractivity contribution in [2.24, 2.45) is 5.73 Å². The molecule has 0 amide bonds. The SMILES string of the molecule is CCC(N)C(Oc1ccc(Br)c(F)c1)c1ccsc1. The number of hydrogen-bond acceptors (Lipinski definition) is 3. The van der Waals surface area contributed by atoms with Crippen LogP contribution < -0.4 is 10.5 Å². The molecule has 2 rings (SSSR count). The lowest BCUT2D eigenvalue weighted by Crippen LogP contribution is -2.31. The van der Waals surface area contributed by atoms with Crippen LogP contribution in [0.2, 0.25) is 0 Å². The summed E-state index contributed by atoms with van der Waals surface area (Å²) in [4.78, 5) is 0. The van der Waals surface area contributed by atoms with E-state index in [1.165, 1.54) is 6.07 Å². The average Bonchev–Trinajstić information content (AvgIpc) is 2.93. The Morgan fingerprint density at radius 2 is 2.21 bits per heavy atom. The zero-order chi connectivity index (χ0) is 13.8. The van der Waals surface area contributed by atoms with Crippen molar-refractivity contribution in [1.82, 2.24) is 0 Å². The summed E-state index contributed by atoms with van der Waals surface area (Å²) in [6.07, 6.45) is 0.538. The second-order valence-corrected chi connectivity index (χ2v) is 5.88. The predicted molar refractivity (Wildman–Crippen MR) is 80.1 cm³/mol. The van der Waals surface area contributed by atoms with Crippen LogP contribution in [0.25, 0.3) is 0 Å². The van der Waals surface area contributed by atoms with E-state index in [-0.39, 0.29) is 18.0 Å². The number of halogens is 2. The fourth-order valence-corrected chi connectivity index (χ4v) is 2.68. The monoisotopic (exact) mass is 343 g/mol. The van der Waals surface area contributed by atoms with Gasteiger partial charge < -0.3 is 10.5 Å². The standard InChI is InChI=1S/C14H15BrFNOS/c1-2-13(17)14(9-5-6-19-8-9)18-10-3-4-11(15)12(16)7-10/h3-8,13-14H,2,17H2,1H3. The number of thiophene rings is 1. The zero-order valence-electron chi connectivity index (χ0n) is 10.5. The minimum Gasteiger partial charge on any atom is -0.484 e. The highest BCUT2D eigenvalue weighted by atomic mass is 79.9. The van der Waals surface area contributed by atoms with E-state index in [1.54, 1.807) is 23.5 Å². The lowest BCUT2D eigenvalue weighted by Gasteiger charge is -2.23. The van der Waals surface area contributed by atoms with Gasteiger partial charge in [-0.05, 0) is 51.3 Å². The summed E-state index contributed by atoms with van der Waals surface area (Å²) in [5.74, 6) is 0.146. The molecule has 0 radical (unpaired) electrons. The highest BCUT2D eigenvalue weighted by molar-refractivity contribution is 9.10. The van der Waals surface area contributed by atoms with Gasteiger partial charge in [-0.2, -0.15) is 11.3 Å². The maximum Gasteiger partial charge on any atom is 0.141 e. The van der Waals surface area contributed by atoms with Gasteiger partial charge in [0.1, 0.15) is 17.7 Å². The van der Waals surface area contributed by atoms with E-state index >= 15 is 0 Å². The quantitative estimate of drug-likeness (QED) is 0.866. The number of benzene rings is 1. The normalized spacial score (nSPS) is 14.1. The Bertz CT molecular complexity index is 532. The van der Waals surface area contributed by atoms with Crippen molar-refractivity contribution in [1.29, 1.82) is 0 Å². The van der Waals surface area contributed by atoms with Crippen LogP contribution in [0.4, 0.5) is 4.39 Å². The molecule has 1 aromatic heterocycles. The Hall–Kier alpha value is -0.910. The first-order chi connectivity index (χ1) is 9.11. The molecule has 0 aliphatic carbocycles. The molecule has 2 aromatic rings. The lowest BCUT2D eigenvalue weighted by atomic mass is 10.0. The summed E-state index contributed by atoms with van der Waals surface area (Å²) >= 11 is 4.72. The Balaban J connectivity index is 2.23. The van der Waals surface area contributed by atoms with Gasteiger partial charge in [0.25, 0.3) is 0 Å². The van der Waals surface area contributed by atoms with E-state index in [4.69, 9.17) is 10.5 Å². The lowest BCUT2D eigenvalue weighted by molar-refractivity contribution is 0.171. The molecule has 2 unspecified atom stereocenters. The van der Waals surface area contributed by atoms with Crippen LogP contribution >= 0.6 is 27.3 Å². The van der Waals surface area contributed by atoms with Crippen LogP contribution in [0.15, 0.2) is 39.5 Å². The van der Waals surface area contributed by atoms with Crippen molar-refractivity contribution < 1.29 is 9.13 Å². The third kappa shape index (κ3) is 3.55. The number of rotatable bonds is 5. The maximum absolute atomic E-state index is 13.5. The average molecular weight is 344 g/mol. The van der Waals surface area contributed by atoms with Crippen molar-refractivity contribution in [3.63, 3.8) is 0 Å². The molecule has 19 heavy (non-hydrogen) atoms. The molecule has 0 fully saturated rings. The first-order valence-corrected chi connectivity index (χ1v) is 7.74. The smallest absolute Gasteiger partial charge is 0.141 e. The van der Waals surface area contributed by atoms with E-state index in [1.807, 2.05) is 23.8 Å². The van der Waals surface area contributed by atoms with Crippen LogP contribution in [0.1, 0.15) is 25.0 Å². The van der Waals surface area contributed by atoms with Gasteiger partial charge >= 0.3 is 0 Å². The molecule has 0 aliphatic rings. The van der Waals surface area contributed by atoms with Gasteiger partial charge in [0.05, 0.1) is 4.47 Å². The topological polar surface area (TPSA) is 35.2 Å². The predicted octanol–water partition coefficient (Wildman–Crippen LogP) is 4.51. The summed E-state index contributed by atoms with van der Waals surface area (Å²) in [6, 6.07) is 6.59. The number of nitrogens with two attached hydrogens (primary N) is 1. The minimum atomic E-state index is -0.341. The largest absolute Gasteiger partial charge is 0.484 e. The molecular formula is C14H15BrFNOS. The third-order valence-electron chi connectivity index (χ3n) is 2.89. The molecule has 2 atom stereocenters. The molecule has 2 N–H and O–H groups in total. The van der Waals surface area contributed by atoms with Crippen LogP contribution in [0.5, 0.6) is 5.75 Å². The maximum atomic E-state index is 13.5. The molecule has 1 heterocycles. The van der Waals surface area contributed by atoms with Crippen LogP contribution in [0.3, 0.4) is 0 Å². The second kappa shape index (κ2) is 6.50. The summed E-state index contributed by atoms with van der Waals surface area (Å²) in [5, 5.41) is 3.99. The molecule has 0 saturated heterocycles. The van der Waals surface area contributed by atoms with Crippen molar-refractivity contribution in [2.45, 2.75) is 25.5 Å². The molecule has 0 saturated carbocycles. The van der Waals surface area contributed by atoms with Gasteiger partial charge in [0, 0.05) is 17.7 Å². The van der Waals surface area contributed by atoms with Crippen molar-refractivity contribution in [2.75, 3.05) is 0 Å². The zero-order valence-corrected chi connectivity index (χ0v) is 12.9. The van der Waals surface area contributed by atoms with Crippen LogP contribution in [-0.2, 0) is 0 Å². The van der Waals surface area contributed by atoms with E-state index in [9.17, 15) is 4.39 Å². The van der Waals surface area contributed by atoms with Crippen LogP contribution in [0, 0.1) is 5.82 Å². The Labute approximate surface area is 124 Å². The van der Waals surface area contributed by atoms with E-state index < -0.39 is 0 Å². The summed E-state index contributed by atoms with van der Waals surface area (Å²) < 4.78 is 19.8. The van der Waals surface area contributed by atoms with Gasteiger partial charge in [-0.15, -0.1) is 0 Å². The number of ether oxygens (including phenoxy) is 1. The first kappa shape index (κ1) is 14.5. The van der Waals surface area contributed by atoms with Gasteiger partial charge in [-0.3, -0.25) is 0 Å². The molecule has 0 aliphatic heterocycles. The fourth-order valence-electron chi connectivity index (χ4n) is 1.75. The first-order valence-electron chi connectivity index (χ1n) is 6.01.